The number of aliphatic hydroxyl groups excluding tert-OH is 1. The Hall–Kier alpha value is -0.590. The highest BCUT2D eigenvalue weighted by Crippen LogP contribution is 2.24. The lowest BCUT2D eigenvalue weighted by molar-refractivity contribution is -0.0103. The Balaban J connectivity index is 4.19. The van der Waals surface area contributed by atoms with Crippen molar-refractivity contribution in [2.75, 3.05) is 13.2 Å². The van der Waals surface area contributed by atoms with Gasteiger partial charge < -0.3 is 9.84 Å². The molecular formula is C9H17NO2. The first-order valence-electron chi connectivity index (χ1n) is 4.22. The molecule has 0 spiro atoms. The maximum absolute atomic E-state index is 8.81. The largest absolute Gasteiger partial charge is 0.396 e. The van der Waals surface area contributed by atoms with Crippen molar-refractivity contribution in [2.24, 2.45) is 5.41 Å². The smallest absolute Gasteiger partial charge is 0.0779 e. The molecule has 0 aromatic heterocycles. The molecular weight excluding hydrogens is 154 g/mol. The van der Waals surface area contributed by atoms with Gasteiger partial charge >= 0.3 is 0 Å². The van der Waals surface area contributed by atoms with E-state index in [0.29, 0.717) is 13.0 Å². The van der Waals surface area contributed by atoms with Crippen LogP contribution in [-0.2, 0) is 4.74 Å². The highest BCUT2D eigenvalue weighted by atomic mass is 16.5. The van der Waals surface area contributed by atoms with Crippen molar-refractivity contribution >= 4 is 0 Å². The molecule has 3 heteroatoms. The third-order valence-electron chi connectivity index (χ3n) is 1.85. The second-order valence-corrected chi connectivity index (χ2v) is 3.29. The average molecular weight is 171 g/mol. The van der Waals surface area contributed by atoms with Crippen LogP contribution < -0.4 is 0 Å². The van der Waals surface area contributed by atoms with Crippen molar-refractivity contribution < 1.29 is 9.84 Å². The van der Waals surface area contributed by atoms with Gasteiger partial charge in [0.05, 0.1) is 17.6 Å². The van der Waals surface area contributed by atoms with Crippen LogP contribution in [0.25, 0.3) is 0 Å². The molecule has 0 fully saturated rings. The van der Waals surface area contributed by atoms with Crippen LogP contribution in [0.1, 0.15) is 27.2 Å². The summed E-state index contributed by atoms with van der Waals surface area (Å²) in [5, 5.41) is 17.5. The first-order chi connectivity index (χ1) is 5.58. The van der Waals surface area contributed by atoms with E-state index in [1.807, 2.05) is 20.8 Å². The first kappa shape index (κ1) is 11.4. The Labute approximate surface area is 74.0 Å². The molecule has 1 N–H and O–H groups in total. The zero-order chi connectivity index (χ0) is 9.61. The molecule has 0 aromatic rings. The fraction of sp³-hybridized carbons (Fsp3) is 0.889. The lowest BCUT2D eigenvalue weighted by atomic mass is 9.86. The average Bonchev–Trinajstić information content (AvgIpc) is 2.04. The highest BCUT2D eigenvalue weighted by Gasteiger charge is 2.29. The summed E-state index contributed by atoms with van der Waals surface area (Å²) in [7, 11) is 0. The van der Waals surface area contributed by atoms with Crippen LogP contribution >= 0.6 is 0 Å². The van der Waals surface area contributed by atoms with Crippen LogP contribution in [0, 0.1) is 16.7 Å². The van der Waals surface area contributed by atoms with E-state index < -0.39 is 5.41 Å². The van der Waals surface area contributed by atoms with Crippen LogP contribution in [0.15, 0.2) is 0 Å². The van der Waals surface area contributed by atoms with E-state index in [1.165, 1.54) is 0 Å². The molecule has 0 aliphatic carbocycles. The quantitative estimate of drug-likeness (QED) is 0.678. The van der Waals surface area contributed by atoms with E-state index in [-0.39, 0.29) is 12.7 Å². The monoisotopic (exact) mass is 171 g/mol. The van der Waals surface area contributed by atoms with Crippen LogP contribution in [0.2, 0.25) is 0 Å². The molecule has 0 aliphatic rings. The van der Waals surface area contributed by atoms with Gasteiger partial charge in [0.15, 0.2) is 0 Å². The number of nitriles is 1. The molecule has 0 heterocycles. The first-order valence-corrected chi connectivity index (χ1v) is 4.22. The summed E-state index contributed by atoms with van der Waals surface area (Å²) in [6.07, 6.45) is 0.353. The fourth-order valence-electron chi connectivity index (χ4n) is 1.04. The molecule has 0 unspecified atom stereocenters. The summed E-state index contributed by atoms with van der Waals surface area (Å²) >= 11 is 0. The van der Waals surface area contributed by atoms with Crippen molar-refractivity contribution in [1.29, 1.82) is 5.26 Å². The van der Waals surface area contributed by atoms with Crippen LogP contribution in [0.4, 0.5) is 0 Å². The summed E-state index contributed by atoms with van der Waals surface area (Å²) < 4.78 is 5.36. The highest BCUT2D eigenvalue weighted by molar-refractivity contribution is 4.97. The van der Waals surface area contributed by atoms with Crippen molar-refractivity contribution in [2.45, 2.75) is 33.3 Å². The Kier molecular flexibility index (Phi) is 4.87. The van der Waals surface area contributed by atoms with Crippen LogP contribution in [0.3, 0.4) is 0 Å². The topological polar surface area (TPSA) is 53.2 Å². The van der Waals surface area contributed by atoms with Crippen molar-refractivity contribution in [3.63, 3.8) is 0 Å². The second-order valence-electron chi connectivity index (χ2n) is 3.29. The minimum Gasteiger partial charge on any atom is -0.396 e. The van der Waals surface area contributed by atoms with E-state index in [0.717, 1.165) is 0 Å². The summed E-state index contributed by atoms with van der Waals surface area (Å²) in [6, 6.07) is 2.17. The summed E-state index contributed by atoms with van der Waals surface area (Å²) in [6.45, 7) is 6.18. The van der Waals surface area contributed by atoms with Gasteiger partial charge in [-0.25, -0.2) is 0 Å². The van der Waals surface area contributed by atoms with Gasteiger partial charge in [0.25, 0.3) is 0 Å². The molecule has 0 radical (unpaired) electrons. The van der Waals surface area contributed by atoms with E-state index in [1.54, 1.807) is 0 Å². The van der Waals surface area contributed by atoms with Crippen LogP contribution in [-0.4, -0.2) is 24.4 Å². The van der Waals surface area contributed by atoms with Gasteiger partial charge in [-0.05, 0) is 27.2 Å². The van der Waals surface area contributed by atoms with E-state index in [4.69, 9.17) is 15.1 Å². The second kappa shape index (κ2) is 5.13. The molecule has 70 valence electrons. The van der Waals surface area contributed by atoms with Gasteiger partial charge in [-0.3, -0.25) is 0 Å². The van der Waals surface area contributed by atoms with E-state index >= 15 is 0 Å². The molecule has 0 aliphatic heterocycles. The molecule has 0 saturated carbocycles. The zero-order valence-electron chi connectivity index (χ0n) is 8.00. The predicted octanol–water partition coefficient (Wildman–Crippen LogP) is 1.32. The van der Waals surface area contributed by atoms with Crippen molar-refractivity contribution in [3.8, 4) is 6.07 Å². The number of aliphatic hydroxyl groups is 1. The molecule has 0 aromatic carbocycles. The lowest BCUT2D eigenvalue weighted by Crippen LogP contribution is -2.31. The third-order valence-corrected chi connectivity index (χ3v) is 1.85. The molecule has 1 atom stereocenters. The Morgan fingerprint density at radius 3 is 2.50 bits per heavy atom. The lowest BCUT2D eigenvalue weighted by Gasteiger charge is -2.26. The Bertz CT molecular complexity index is 154. The predicted molar refractivity (Wildman–Crippen MR) is 46.5 cm³/mol. The van der Waals surface area contributed by atoms with E-state index in [2.05, 4.69) is 6.07 Å². The normalized spacial score (nSPS) is 13.9. The Morgan fingerprint density at radius 1 is 1.58 bits per heavy atom. The molecule has 0 amide bonds. The summed E-state index contributed by atoms with van der Waals surface area (Å²) in [5.74, 6) is 0. The molecule has 3 nitrogen and oxygen atoms in total. The minimum atomic E-state index is -0.515. The maximum Gasteiger partial charge on any atom is 0.0779 e. The SMILES string of the molecule is CCO[C@H](CCO)C(C)(C)C#N. The maximum atomic E-state index is 8.81. The molecule has 0 rings (SSSR count). The molecule has 12 heavy (non-hydrogen) atoms. The number of rotatable bonds is 5. The third kappa shape index (κ3) is 3.21. The van der Waals surface area contributed by atoms with Gasteiger partial charge in [-0.2, -0.15) is 5.26 Å². The van der Waals surface area contributed by atoms with Gasteiger partial charge in [0, 0.05) is 13.2 Å². The van der Waals surface area contributed by atoms with E-state index in [9.17, 15) is 0 Å². The van der Waals surface area contributed by atoms with Crippen molar-refractivity contribution in [1.82, 2.24) is 0 Å². The number of ether oxygens (including phenoxy) is 1. The summed E-state index contributed by atoms with van der Waals surface area (Å²) in [5.41, 5.74) is -0.515. The minimum absolute atomic E-state index is 0.0653. The van der Waals surface area contributed by atoms with Gasteiger partial charge in [0.1, 0.15) is 0 Å². The fourth-order valence-corrected chi connectivity index (χ4v) is 1.04. The molecule has 0 bridgehead atoms. The molecule has 0 saturated heterocycles. The zero-order valence-corrected chi connectivity index (χ0v) is 8.00. The Morgan fingerprint density at radius 2 is 2.17 bits per heavy atom. The standard InChI is InChI=1S/C9H17NO2/c1-4-12-8(5-6-11)9(2,3)7-10/h8,11H,4-6H2,1-3H3/t8-/m1/s1. The summed E-state index contributed by atoms with van der Waals surface area (Å²) in [4.78, 5) is 0. The van der Waals surface area contributed by atoms with Gasteiger partial charge in [-0.1, -0.05) is 0 Å². The van der Waals surface area contributed by atoms with Crippen LogP contribution in [0.5, 0.6) is 0 Å². The number of nitrogens with zero attached hydrogens (tertiary/aromatic N) is 1. The van der Waals surface area contributed by atoms with Gasteiger partial charge in [0.2, 0.25) is 0 Å². The number of hydrogen-bond acceptors (Lipinski definition) is 3. The van der Waals surface area contributed by atoms with Crippen molar-refractivity contribution in [3.05, 3.63) is 0 Å². The van der Waals surface area contributed by atoms with Gasteiger partial charge in [-0.15, -0.1) is 0 Å². The number of hydrogen-bond donors (Lipinski definition) is 1.